The molecule has 3 heteroatoms. The summed E-state index contributed by atoms with van der Waals surface area (Å²) in [5.74, 6) is 5.84. The first-order valence-electron chi connectivity index (χ1n) is 7.06. The Morgan fingerprint density at radius 1 is 1.40 bits per heavy atom. The first-order chi connectivity index (χ1) is 9.52. The lowest BCUT2D eigenvalue weighted by Crippen LogP contribution is -2.50. The summed E-state index contributed by atoms with van der Waals surface area (Å²) in [7, 11) is 0. The Labute approximate surface area is 120 Å². The van der Waals surface area contributed by atoms with Gasteiger partial charge >= 0.3 is 0 Å². The second-order valence-corrected chi connectivity index (χ2v) is 5.73. The lowest BCUT2D eigenvalue weighted by Gasteiger charge is -2.39. The molecule has 0 bridgehead atoms. The summed E-state index contributed by atoms with van der Waals surface area (Å²) in [6.07, 6.45) is 3.73. The predicted octanol–water partition coefficient (Wildman–Crippen LogP) is 2.40. The highest BCUT2D eigenvalue weighted by molar-refractivity contribution is 5.95. The number of hydrogen-bond donors (Lipinski definition) is 2. The summed E-state index contributed by atoms with van der Waals surface area (Å²) in [4.78, 5) is 12.3. The van der Waals surface area contributed by atoms with Crippen LogP contribution in [0.3, 0.4) is 0 Å². The second-order valence-electron chi connectivity index (χ2n) is 5.73. The average Bonchev–Trinajstić information content (AvgIpc) is 2.36. The van der Waals surface area contributed by atoms with Gasteiger partial charge in [0.1, 0.15) is 0 Å². The minimum absolute atomic E-state index is 0.0268. The van der Waals surface area contributed by atoms with E-state index >= 15 is 0 Å². The molecule has 0 radical (unpaired) electrons. The number of nitrogens with one attached hydrogen (secondary N) is 1. The number of benzene rings is 1. The quantitative estimate of drug-likeness (QED) is 0.829. The first-order valence-corrected chi connectivity index (χ1v) is 7.06. The molecule has 2 N–H and O–H groups in total. The van der Waals surface area contributed by atoms with Gasteiger partial charge in [0.2, 0.25) is 0 Å². The summed E-state index contributed by atoms with van der Waals surface area (Å²) >= 11 is 0. The van der Waals surface area contributed by atoms with Gasteiger partial charge in [-0.3, -0.25) is 4.79 Å². The zero-order valence-corrected chi connectivity index (χ0v) is 12.1. The predicted molar refractivity (Wildman–Crippen MR) is 79.5 cm³/mol. The number of aryl methyl sites for hydroxylation is 1. The van der Waals surface area contributed by atoms with E-state index in [-0.39, 0.29) is 18.1 Å². The van der Waals surface area contributed by atoms with Gasteiger partial charge in [-0.2, -0.15) is 0 Å². The van der Waals surface area contributed by atoms with Gasteiger partial charge in [-0.15, -0.1) is 0 Å². The van der Waals surface area contributed by atoms with Crippen LogP contribution in [0.2, 0.25) is 0 Å². The lowest BCUT2D eigenvalue weighted by molar-refractivity contribution is 0.0850. The number of carbonyl (C=O) groups excluding carboxylic acids is 1. The van der Waals surface area contributed by atoms with Crippen LogP contribution in [0.5, 0.6) is 0 Å². The monoisotopic (exact) mass is 271 g/mol. The van der Waals surface area contributed by atoms with Crippen molar-refractivity contribution < 1.29 is 9.90 Å². The van der Waals surface area contributed by atoms with Crippen LogP contribution in [-0.4, -0.2) is 23.2 Å². The lowest BCUT2D eigenvalue weighted by atomic mass is 9.78. The summed E-state index contributed by atoms with van der Waals surface area (Å²) in [5, 5.41) is 11.8. The van der Waals surface area contributed by atoms with Crippen LogP contribution in [0.25, 0.3) is 0 Å². The van der Waals surface area contributed by atoms with Gasteiger partial charge in [0.15, 0.2) is 0 Å². The van der Waals surface area contributed by atoms with Crippen LogP contribution in [0.1, 0.15) is 54.1 Å². The minimum atomic E-state index is -0.0381. The maximum absolute atomic E-state index is 12.3. The van der Waals surface area contributed by atoms with E-state index in [2.05, 4.69) is 24.1 Å². The van der Waals surface area contributed by atoms with Crippen LogP contribution in [-0.2, 0) is 0 Å². The van der Waals surface area contributed by atoms with Crippen LogP contribution in [0.4, 0.5) is 0 Å². The molecule has 1 saturated carbocycles. The van der Waals surface area contributed by atoms with E-state index in [0.29, 0.717) is 12.0 Å². The maximum atomic E-state index is 12.3. The molecule has 3 nitrogen and oxygen atoms in total. The third-order valence-corrected chi connectivity index (χ3v) is 3.68. The molecule has 0 atom stereocenters. The molecule has 0 spiro atoms. The smallest absolute Gasteiger partial charge is 0.251 e. The molecule has 1 aliphatic rings. The zero-order chi connectivity index (χ0) is 14.6. The van der Waals surface area contributed by atoms with Crippen molar-refractivity contribution in [2.75, 3.05) is 6.61 Å². The molecule has 1 aromatic rings. The Balaban J connectivity index is 2.15. The molecule has 2 rings (SSSR count). The normalized spacial score (nSPS) is 15.8. The topological polar surface area (TPSA) is 49.3 Å². The van der Waals surface area contributed by atoms with Gasteiger partial charge in [-0.25, -0.2) is 0 Å². The Morgan fingerprint density at radius 2 is 2.15 bits per heavy atom. The number of amides is 1. The van der Waals surface area contributed by atoms with Gasteiger partial charge in [0.05, 0.1) is 6.61 Å². The third kappa shape index (κ3) is 3.61. The zero-order valence-electron chi connectivity index (χ0n) is 12.1. The van der Waals surface area contributed by atoms with Gasteiger partial charge in [-0.1, -0.05) is 11.8 Å². The standard InChI is InChI=1S/C17H21NO2/c1-13-10-14(6-3-4-9-19)12-15(11-13)16(20)18-17(2)7-5-8-17/h10-12,19H,4-5,7-9H2,1-2H3,(H,18,20). The summed E-state index contributed by atoms with van der Waals surface area (Å²) in [5.41, 5.74) is 2.46. The summed E-state index contributed by atoms with van der Waals surface area (Å²) in [6, 6.07) is 5.65. The Bertz CT molecular complexity index is 562. The van der Waals surface area contributed by atoms with Crippen molar-refractivity contribution in [1.82, 2.24) is 5.32 Å². The van der Waals surface area contributed by atoms with E-state index in [1.165, 1.54) is 6.42 Å². The molecule has 1 aliphatic carbocycles. The molecule has 0 unspecified atom stereocenters. The highest BCUT2D eigenvalue weighted by atomic mass is 16.2. The Hall–Kier alpha value is -1.79. The Morgan fingerprint density at radius 3 is 2.75 bits per heavy atom. The second kappa shape index (κ2) is 6.11. The van der Waals surface area contributed by atoms with E-state index in [1.54, 1.807) is 0 Å². The van der Waals surface area contributed by atoms with Crippen molar-refractivity contribution in [3.8, 4) is 11.8 Å². The van der Waals surface area contributed by atoms with E-state index in [4.69, 9.17) is 5.11 Å². The third-order valence-electron chi connectivity index (χ3n) is 3.68. The summed E-state index contributed by atoms with van der Waals surface area (Å²) < 4.78 is 0. The summed E-state index contributed by atoms with van der Waals surface area (Å²) in [6.45, 7) is 4.11. The van der Waals surface area contributed by atoms with Gasteiger partial charge < -0.3 is 10.4 Å². The number of rotatable bonds is 3. The number of aliphatic hydroxyl groups is 1. The van der Waals surface area contributed by atoms with E-state index in [0.717, 1.165) is 24.0 Å². The number of aliphatic hydroxyl groups excluding tert-OH is 1. The fourth-order valence-electron chi connectivity index (χ4n) is 2.39. The van der Waals surface area contributed by atoms with Crippen molar-refractivity contribution in [2.24, 2.45) is 0 Å². The highest BCUT2D eigenvalue weighted by Gasteiger charge is 2.33. The van der Waals surface area contributed by atoms with Gasteiger partial charge in [0, 0.05) is 23.1 Å². The number of carbonyl (C=O) groups is 1. The molecule has 0 aliphatic heterocycles. The van der Waals surface area contributed by atoms with Crippen molar-refractivity contribution >= 4 is 5.91 Å². The van der Waals surface area contributed by atoms with Crippen LogP contribution >= 0.6 is 0 Å². The number of hydrogen-bond acceptors (Lipinski definition) is 2. The molecular formula is C17H21NO2. The van der Waals surface area contributed by atoms with Gasteiger partial charge in [0.25, 0.3) is 5.91 Å². The molecule has 1 amide bonds. The molecule has 0 aromatic heterocycles. The van der Waals surface area contributed by atoms with Crippen molar-refractivity contribution in [2.45, 2.75) is 45.1 Å². The Kier molecular flexibility index (Phi) is 4.46. The molecule has 0 heterocycles. The van der Waals surface area contributed by atoms with E-state index < -0.39 is 0 Å². The largest absolute Gasteiger partial charge is 0.395 e. The average molecular weight is 271 g/mol. The van der Waals surface area contributed by atoms with Crippen molar-refractivity contribution in [3.05, 3.63) is 34.9 Å². The molecule has 106 valence electrons. The molecular weight excluding hydrogens is 250 g/mol. The van der Waals surface area contributed by atoms with Gasteiger partial charge in [-0.05, 0) is 56.9 Å². The van der Waals surface area contributed by atoms with Crippen LogP contribution < -0.4 is 5.32 Å². The van der Waals surface area contributed by atoms with E-state index in [9.17, 15) is 4.79 Å². The molecule has 1 fully saturated rings. The molecule has 0 saturated heterocycles. The van der Waals surface area contributed by atoms with Crippen LogP contribution in [0.15, 0.2) is 18.2 Å². The first kappa shape index (κ1) is 14.6. The van der Waals surface area contributed by atoms with E-state index in [1.807, 2.05) is 25.1 Å². The maximum Gasteiger partial charge on any atom is 0.251 e. The fourth-order valence-corrected chi connectivity index (χ4v) is 2.39. The van der Waals surface area contributed by atoms with Crippen molar-refractivity contribution in [1.29, 1.82) is 0 Å². The molecule has 1 aromatic carbocycles. The fraction of sp³-hybridized carbons (Fsp3) is 0.471. The minimum Gasteiger partial charge on any atom is -0.395 e. The van der Waals surface area contributed by atoms with Crippen LogP contribution in [0, 0.1) is 18.8 Å². The van der Waals surface area contributed by atoms with Crippen molar-refractivity contribution in [3.63, 3.8) is 0 Å². The molecule has 20 heavy (non-hydrogen) atoms. The highest BCUT2D eigenvalue weighted by Crippen LogP contribution is 2.31. The SMILES string of the molecule is Cc1cc(C#CCCO)cc(C(=O)NC2(C)CCC2)c1.